The molecule has 0 saturated carbocycles. The molecule has 0 bridgehead atoms. The Labute approximate surface area is 396 Å². The molecular formula is C51H58N8O8S. The number of anilines is 2. The van der Waals surface area contributed by atoms with Crippen LogP contribution in [-0.4, -0.2) is 102 Å². The van der Waals surface area contributed by atoms with Gasteiger partial charge in [0.25, 0.3) is 21.8 Å². The molecule has 0 spiro atoms. The first-order valence-electron chi connectivity index (χ1n) is 23.5. The number of carbonyl (C=O) groups is 6. The van der Waals surface area contributed by atoms with Gasteiger partial charge in [-0.15, -0.1) is 0 Å². The summed E-state index contributed by atoms with van der Waals surface area (Å²) in [6.45, 7) is 8.65. The third-order valence-corrected chi connectivity index (χ3v) is 14.7. The maximum Gasteiger partial charge on any atom is 0.262 e. The van der Waals surface area contributed by atoms with Crippen molar-refractivity contribution in [3.63, 3.8) is 0 Å². The second-order valence-electron chi connectivity index (χ2n) is 18.0. The van der Waals surface area contributed by atoms with Gasteiger partial charge in [-0.2, -0.15) is 0 Å². The Bertz CT molecular complexity index is 2870. The number of imidazole rings is 1. The fraction of sp³-hybridized carbons (Fsp3) is 0.392. The quantitative estimate of drug-likeness (QED) is 0.0697. The highest BCUT2D eigenvalue weighted by atomic mass is 32.2. The van der Waals surface area contributed by atoms with E-state index in [-0.39, 0.29) is 48.6 Å². The van der Waals surface area contributed by atoms with Crippen molar-refractivity contribution in [3.05, 3.63) is 118 Å². The van der Waals surface area contributed by atoms with Gasteiger partial charge in [0.15, 0.2) is 0 Å². The van der Waals surface area contributed by atoms with Crippen LogP contribution >= 0.6 is 0 Å². The van der Waals surface area contributed by atoms with Gasteiger partial charge in [-0.25, -0.2) is 13.4 Å². The summed E-state index contributed by atoms with van der Waals surface area (Å²) in [4.78, 5) is 86.2. The number of benzene rings is 4. The summed E-state index contributed by atoms with van der Waals surface area (Å²) >= 11 is 0. The molecule has 1 atom stereocenters. The van der Waals surface area contributed by atoms with E-state index in [4.69, 9.17) is 4.98 Å². The molecule has 17 heteroatoms. The molecular weight excluding hydrogens is 885 g/mol. The number of amides is 6. The molecule has 68 heavy (non-hydrogen) atoms. The first-order chi connectivity index (χ1) is 32.7. The van der Waals surface area contributed by atoms with Crippen LogP contribution in [0.1, 0.15) is 107 Å². The lowest BCUT2D eigenvalue weighted by Crippen LogP contribution is -2.54. The molecule has 3 aliphatic rings. The predicted molar refractivity (Wildman–Crippen MR) is 258 cm³/mol. The van der Waals surface area contributed by atoms with Gasteiger partial charge in [0.05, 0.1) is 32.7 Å². The van der Waals surface area contributed by atoms with Crippen LogP contribution in [0, 0.1) is 20.8 Å². The van der Waals surface area contributed by atoms with Crippen molar-refractivity contribution in [2.24, 2.45) is 0 Å². The van der Waals surface area contributed by atoms with Crippen LogP contribution in [0.15, 0.2) is 83.8 Å². The summed E-state index contributed by atoms with van der Waals surface area (Å²) in [5.41, 5.74) is 6.83. The van der Waals surface area contributed by atoms with Gasteiger partial charge >= 0.3 is 0 Å². The highest BCUT2D eigenvalue weighted by Gasteiger charge is 2.45. The number of piperazine rings is 1. The Kier molecular flexibility index (Phi) is 14.4. The minimum absolute atomic E-state index is 0.0494. The van der Waals surface area contributed by atoms with Crippen LogP contribution in [0.25, 0.3) is 11.0 Å². The summed E-state index contributed by atoms with van der Waals surface area (Å²) in [6.07, 6.45) is 5.77. The molecule has 6 amide bonds. The minimum Gasteiger partial charge on any atom is -0.368 e. The van der Waals surface area contributed by atoms with Crippen LogP contribution in [0.5, 0.6) is 0 Å². The Morgan fingerprint density at radius 2 is 1.49 bits per heavy atom. The highest BCUT2D eigenvalue weighted by molar-refractivity contribution is 7.92. The van der Waals surface area contributed by atoms with Crippen LogP contribution in [0.4, 0.5) is 11.4 Å². The van der Waals surface area contributed by atoms with Gasteiger partial charge in [-0.3, -0.25) is 43.7 Å². The lowest BCUT2D eigenvalue weighted by Gasteiger charge is -2.36. The number of carbonyl (C=O) groups excluding carboxylic acids is 6. The maximum atomic E-state index is 13.5. The fourth-order valence-corrected chi connectivity index (χ4v) is 11.2. The molecule has 3 aliphatic heterocycles. The van der Waals surface area contributed by atoms with Crippen molar-refractivity contribution in [2.45, 2.75) is 102 Å². The highest BCUT2D eigenvalue weighted by Crippen LogP contribution is 2.32. The van der Waals surface area contributed by atoms with E-state index in [1.54, 1.807) is 35.2 Å². The Morgan fingerprint density at radius 3 is 2.22 bits per heavy atom. The monoisotopic (exact) mass is 942 g/mol. The molecule has 16 nitrogen and oxygen atoms in total. The van der Waals surface area contributed by atoms with Crippen molar-refractivity contribution in [1.82, 2.24) is 30.0 Å². The Morgan fingerprint density at radius 1 is 0.779 bits per heavy atom. The molecule has 5 aromatic rings. The molecule has 1 aromatic heterocycles. The second kappa shape index (κ2) is 20.6. The van der Waals surface area contributed by atoms with Crippen molar-refractivity contribution in [1.29, 1.82) is 0 Å². The zero-order chi connectivity index (χ0) is 48.1. The number of hydrogen-bond acceptors (Lipinski definition) is 10. The van der Waals surface area contributed by atoms with Crippen molar-refractivity contribution < 1.29 is 37.2 Å². The van der Waals surface area contributed by atoms with Crippen molar-refractivity contribution in [3.8, 4) is 0 Å². The van der Waals surface area contributed by atoms with Crippen LogP contribution in [0.2, 0.25) is 0 Å². The molecule has 0 aliphatic carbocycles. The lowest BCUT2D eigenvalue weighted by atomic mass is 10.0. The number of piperidine rings is 1. The molecule has 0 radical (unpaired) electrons. The van der Waals surface area contributed by atoms with E-state index in [0.29, 0.717) is 61.0 Å². The largest absolute Gasteiger partial charge is 0.368 e. The number of fused-ring (bicyclic) bond motifs is 2. The summed E-state index contributed by atoms with van der Waals surface area (Å²) in [5.74, 6) is -1.52. The van der Waals surface area contributed by atoms with E-state index in [1.165, 1.54) is 0 Å². The van der Waals surface area contributed by atoms with E-state index >= 15 is 0 Å². The lowest BCUT2D eigenvalue weighted by molar-refractivity contribution is -0.136. The van der Waals surface area contributed by atoms with Crippen LogP contribution in [-0.2, 0) is 42.2 Å². The van der Waals surface area contributed by atoms with E-state index in [0.717, 1.165) is 77.1 Å². The van der Waals surface area contributed by atoms with Gasteiger partial charge in [0.1, 0.15) is 11.9 Å². The van der Waals surface area contributed by atoms with Crippen molar-refractivity contribution >= 4 is 67.9 Å². The number of nitrogens with one attached hydrogen (secondary N) is 3. The van der Waals surface area contributed by atoms with Gasteiger partial charge in [-0.05, 0) is 93.1 Å². The van der Waals surface area contributed by atoms with E-state index < -0.39 is 39.7 Å². The number of hydrogen-bond donors (Lipinski definition) is 3. The summed E-state index contributed by atoms with van der Waals surface area (Å²) in [5, 5.41) is 5.16. The number of unbranched alkanes of at least 4 members (excludes halogenated alkanes) is 4. The van der Waals surface area contributed by atoms with E-state index in [1.807, 2.05) is 62.1 Å². The molecule has 8 rings (SSSR count). The fourth-order valence-electron chi connectivity index (χ4n) is 9.68. The maximum absolute atomic E-state index is 13.5. The number of imide groups is 2. The summed E-state index contributed by atoms with van der Waals surface area (Å²) in [7, 11) is -3.82. The van der Waals surface area contributed by atoms with Gasteiger partial charge in [-0.1, -0.05) is 67.3 Å². The minimum atomic E-state index is -3.82. The standard InChI is InChI=1S/C51H58N8O8S/c1-33-28-34(2)48(35(3)29-33)68(66,67)55-37-15-18-42-41(30-37)53-44(58(42)32-36-12-8-7-9-13-36)14-10-5-4-6-11-23-52-45(60)21-22-47(62)57-26-24-56(25-27-57)38-16-17-39-40(31-38)51(65)59(50(39)64)43-19-20-46(61)54-49(43)63/h7-9,12-13,15-18,28-31,43,55H,4-6,10-11,14,19-27,32H2,1-3H3,(H,52,60)(H,54,61,63). The third-order valence-electron chi connectivity index (χ3n) is 13.0. The average Bonchev–Trinajstić information content (AvgIpc) is 3.76. The Balaban J connectivity index is 0.749. The predicted octanol–water partition coefficient (Wildman–Crippen LogP) is 5.95. The third kappa shape index (κ3) is 10.6. The summed E-state index contributed by atoms with van der Waals surface area (Å²) < 4.78 is 32.1. The molecule has 4 heterocycles. The number of aromatic nitrogens is 2. The van der Waals surface area contributed by atoms with Gasteiger partial charge in [0.2, 0.25) is 23.6 Å². The first-order valence-corrected chi connectivity index (χ1v) is 24.9. The van der Waals surface area contributed by atoms with Crippen LogP contribution in [0.3, 0.4) is 0 Å². The van der Waals surface area contributed by atoms with E-state index in [2.05, 4.69) is 32.1 Å². The molecule has 2 fully saturated rings. The average molecular weight is 943 g/mol. The SMILES string of the molecule is Cc1cc(C)c(S(=O)(=O)Nc2ccc3c(c2)nc(CCCCCCCNC(=O)CCC(=O)N2CCN(c4ccc5c(c4)C(=O)N(C4CCC(=O)NC4=O)C5=O)CC2)n3Cc2ccccc2)c(C)c1. The topological polar surface area (TPSA) is 200 Å². The number of aryl methyl sites for hydroxylation is 4. The normalized spacial score (nSPS) is 16.3. The van der Waals surface area contributed by atoms with Crippen LogP contribution < -0.4 is 20.3 Å². The summed E-state index contributed by atoms with van der Waals surface area (Å²) in [6, 6.07) is 23.4. The number of rotatable bonds is 18. The van der Waals surface area contributed by atoms with Gasteiger partial charge < -0.3 is 19.7 Å². The first kappa shape index (κ1) is 47.6. The molecule has 2 saturated heterocycles. The molecule has 356 valence electrons. The number of nitrogens with zero attached hydrogens (tertiary/aromatic N) is 5. The van der Waals surface area contributed by atoms with Crippen molar-refractivity contribution in [2.75, 3.05) is 42.3 Å². The number of sulfonamides is 1. The molecule has 3 N–H and O–H groups in total. The van der Waals surface area contributed by atoms with E-state index in [9.17, 15) is 37.2 Å². The smallest absolute Gasteiger partial charge is 0.262 e. The zero-order valence-corrected chi connectivity index (χ0v) is 39.6. The van der Waals surface area contributed by atoms with Gasteiger partial charge in [0, 0.05) is 70.6 Å². The molecule has 4 aromatic carbocycles. The zero-order valence-electron chi connectivity index (χ0n) is 38.8. The second-order valence-corrected chi connectivity index (χ2v) is 19.7. The molecule has 1 unspecified atom stereocenters. The Hall–Kier alpha value is -6.88.